The Morgan fingerprint density at radius 3 is 1.23 bits per heavy atom. The van der Waals surface area contributed by atoms with Crippen LogP contribution in [0.25, 0.3) is 54.6 Å². The molecule has 0 atom stereocenters. The Kier molecular flexibility index (Phi) is 6.20. The Bertz CT molecular complexity index is 2190. The van der Waals surface area contributed by atoms with Crippen LogP contribution in [0.5, 0.6) is 0 Å². The van der Waals surface area contributed by atoms with E-state index >= 15 is 0 Å². The van der Waals surface area contributed by atoms with E-state index in [1.54, 1.807) is 0 Å². The van der Waals surface area contributed by atoms with Crippen LogP contribution in [0.2, 0.25) is 0 Å². The fraction of sp³-hybridized carbons (Fsp3) is 0. The number of fused-ring (bicyclic) bond motifs is 3. The summed E-state index contributed by atoms with van der Waals surface area (Å²) in [6.45, 7) is 0. The van der Waals surface area contributed by atoms with Crippen molar-refractivity contribution in [3.8, 4) is 22.3 Å². The number of benzene rings is 8. The van der Waals surface area contributed by atoms with Gasteiger partial charge in [-0.05, 0) is 121 Å². The van der Waals surface area contributed by atoms with Crippen molar-refractivity contribution >= 4 is 49.4 Å². The maximum Gasteiger partial charge on any atom is 0.0467 e. The minimum absolute atomic E-state index is 1.13. The Balaban J connectivity index is 1.17. The first-order valence-electron chi connectivity index (χ1n) is 14.8. The van der Waals surface area contributed by atoms with Gasteiger partial charge in [-0.25, -0.2) is 0 Å². The summed E-state index contributed by atoms with van der Waals surface area (Å²) >= 11 is 0. The minimum atomic E-state index is 1.13. The molecule has 8 aromatic carbocycles. The molecule has 0 heterocycles. The average molecular weight is 548 g/mol. The lowest BCUT2D eigenvalue weighted by molar-refractivity contribution is 1.28. The number of hydrogen-bond donors (Lipinski definition) is 0. The highest BCUT2D eigenvalue weighted by atomic mass is 15.1. The molecule has 8 aromatic rings. The van der Waals surface area contributed by atoms with Crippen LogP contribution >= 0.6 is 0 Å². The summed E-state index contributed by atoms with van der Waals surface area (Å²) < 4.78 is 0. The van der Waals surface area contributed by atoms with E-state index in [1.807, 2.05) is 0 Å². The molecule has 43 heavy (non-hydrogen) atoms. The topological polar surface area (TPSA) is 3.24 Å². The normalized spacial score (nSPS) is 11.3. The summed E-state index contributed by atoms with van der Waals surface area (Å²) in [6, 6.07) is 63.5. The van der Waals surface area contributed by atoms with E-state index in [0.717, 1.165) is 17.1 Å². The minimum Gasteiger partial charge on any atom is -0.310 e. The molecule has 0 unspecified atom stereocenters. The zero-order valence-corrected chi connectivity index (χ0v) is 23.7. The van der Waals surface area contributed by atoms with E-state index in [2.05, 4.69) is 181 Å². The van der Waals surface area contributed by atoms with Crippen LogP contribution in [-0.4, -0.2) is 0 Å². The van der Waals surface area contributed by atoms with Gasteiger partial charge in [0.2, 0.25) is 0 Å². The van der Waals surface area contributed by atoms with Crippen molar-refractivity contribution in [2.75, 3.05) is 4.90 Å². The number of para-hydroxylation sites is 2. The van der Waals surface area contributed by atoms with Gasteiger partial charge < -0.3 is 4.90 Å². The van der Waals surface area contributed by atoms with E-state index in [9.17, 15) is 0 Å². The third-order valence-corrected chi connectivity index (χ3v) is 8.34. The molecule has 0 saturated heterocycles. The summed E-state index contributed by atoms with van der Waals surface area (Å²) in [5.74, 6) is 0. The molecule has 0 radical (unpaired) electrons. The SMILES string of the molecule is c1ccc(N(c2ccccc2)c2cccc(-c3ccc4cc5cc(-c6ccc7ccccc7c6)ccc5cc4c3)c2)cc1. The molecule has 0 fully saturated rings. The second kappa shape index (κ2) is 10.6. The van der Waals surface area contributed by atoms with Gasteiger partial charge in [-0.3, -0.25) is 0 Å². The number of hydrogen-bond acceptors (Lipinski definition) is 1. The van der Waals surface area contributed by atoms with Crippen molar-refractivity contribution in [3.63, 3.8) is 0 Å². The lowest BCUT2D eigenvalue weighted by Crippen LogP contribution is -2.09. The molecule has 0 bridgehead atoms. The molecule has 0 aliphatic rings. The standard InChI is InChI=1S/C42H29N/c1-3-13-40(14-4-1)43(41-15-5-2-6-16-41)42-17-9-12-32(29-42)34-20-22-36-28-39-26-35(21-23-37(39)27-38(36)25-34)33-19-18-30-10-7-8-11-31(30)24-33/h1-29H. The van der Waals surface area contributed by atoms with Gasteiger partial charge in [0, 0.05) is 17.1 Å². The highest BCUT2D eigenvalue weighted by Crippen LogP contribution is 2.37. The van der Waals surface area contributed by atoms with E-state index in [4.69, 9.17) is 0 Å². The Hall–Kier alpha value is -5.66. The Morgan fingerprint density at radius 2 is 0.651 bits per heavy atom. The summed E-state index contributed by atoms with van der Waals surface area (Å²) in [5.41, 5.74) is 8.31. The Morgan fingerprint density at radius 1 is 0.233 bits per heavy atom. The molecule has 202 valence electrons. The van der Waals surface area contributed by atoms with E-state index in [0.29, 0.717) is 0 Å². The summed E-state index contributed by atoms with van der Waals surface area (Å²) in [7, 11) is 0. The van der Waals surface area contributed by atoms with Crippen molar-refractivity contribution in [2.45, 2.75) is 0 Å². The van der Waals surface area contributed by atoms with Crippen molar-refractivity contribution in [1.82, 2.24) is 0 Å². The first-order valence-corrected chi connectivity index (χ1v) is 14.8. The third-order valence-electron chi connectivity index (χ3n) is 8.34. The highest BCUT2D eigenvalue weighted by molar-refractivity contribution is 6.01. The molecule has 8 rings (SSSR count). The number of rotatable bonds is 5. The summed E-state index contributed by atoms with van der Waals surface area (Å²) in [5, 5.41) is 7.55. The number of anilines is 3. The van der Waals surface area contributed by atoms with Crippen molar-refractivity contribution < 1.29 is 0 Å². The van der Waals surface area contributed by atoms with Crippen LogP contribution in [0, 0.1) is 0 Å². The van der Waals surface area contributed by atoms with Gasteiger partial charge in [-0.15, -0.1) is 0 Å². The molecule has 0 saturated carbocycles. The van der Waals surface area contributed by atoms with E-state index in [1.165, 1.54) is 54.6 Å². The van der Waals surface area contributed by atoms with Crippen LogP contribution in [0.4, 0.5) is 17.1 Å². The molecule has 1 heteroatoms. The van der Waals surface area contributed by atoms with Gasteiger partial charge in [0.05, 0.1) is 0 Å². The zero-order valence-electron chi connectivity index (χ0n) is 23.7. The summed E-state index contributed by atoms with van der Waals surface area (Å²) in [6.07, 6.45) is 0. The van der Waals surface area contributed by atoms with Gasteiger partial charge in [-0.1, -0.05) is 109 Å². The van der Waals surface area contributed by atoms with Crippen molar-refractivity contribution in [2.24, 2.45) is 0 Å². The van der Waals surface area contributed by atoms with Crippen LogP contribution in [0.15, 0.2) is 176 Å². The van der Waals surface area contributed by atoms with Gasteiger partial charge in [-0.2, -0.15) is 0 Å². The molecule has 0 spiro atoms. The van der Waals surface area contributed by atoms with Crippen LogP contribution in [-0.2, 0) is 0 Å². The van der Waals surface area contributed by atoms with Gasteiger partial charge in [0.15, 0.2) is 0 Å². The zero-order chi connectivity index (χ0) is 28.6. The molecule has 0 aromatic heterocycles. The third kappa shape index (κ3) is 4.81. The molecule has 0 amide bonds. The van der Waals surface area contributed by atoms with Gasteiger partial charge in [0.1, 0.15) is 0 Å². The molecular weight excluding hydrogens is 518 g/mol. The van der Waals surface area contributed by atoms with Crippen LogP contribution in [0.3, 0.4) is 0 Å². The average Bonchev–Trinajstić information content (AvgIpc) is 3.08. The van der Waals surface area contributed by atoms with Crippen LogP contribution in [0.1, 0.15) is 0 Å². The molecule has 0 N–H and O–H groups in total. The molecule has 0 aliphatic carbocycles. The second-order valence-electron chi connectivity index (χ2n) is 11.1. The maximum atomic E-state index is 2.32. The molecular formula is C42H29N. The summed E-state index contributed by atoms with van der Waals surface area (Å²) in [4.78, 5) is 2.31. The second-order valence-corrected chi connectivity index (χ2v) is 11.1. The first-order chi connectivity index (χ1) is 21.3. The van der Waals surface area contributed by atoms with E-state index < -0.39 is 0 Å². The van der Waals surface area contributed by atoms with Gasteiger partial charge in [0.25, 0.3) is 0 Å². The van der Waals surface area contributed by atoms with Crippen molar-refractivity contribution in [1.29, 1.82) is 0 Å². The van der Waals surface area contributed by atoms with E-state index in [-0.39, 0.29) is 0 Å². The van der Waals surface area contributed by atoms with Gasteiger partial charge >= 0.3 is 0 Å². The number of nitrogens with zero attached hydrogens (tertiary/aromatic N) is 1. The fourth-order valence-electron chi connectivity index (χ4n) is 6.15. The largest absolute Gasteiger partial charge is 0.310 e. The monoisotopic (exact) mass is 547 g/mol. The predicted molar refractivity (Wildman–Crippen MR) is 185 cm³/mol. The maximum absolute atomic E-state index is 2.32. The van der Waals surface area contributed by atoms with Crippen LogP contribution < -0.4 is 4.90 Å². The lowest BCUT2D eigenvalue weighted by Gasteiger charge is -2.26. The highest BCUT2D eigenvalue weighted by Gasteiger charge is 2.13. The smallest absolute Gasteiger partial charge is 0.0467 e. The lowest BCUT2D eigenvalue weighted by atomic mass is 9.95. The molecule has 0 aliphatic heterocycles. The Labute approximate surface area is 251 Å². The fourth-order valence-corrected chi connectivity index (χ4v) is 6.15. The molecule has 1 nitrogen and oxygen atoms in total. The first kappa shape index (κ1) is 25.1. The predicted octanol–water partition coefficient (Wildman–Crippen LogP) is 11.9. The quantitative estimate of drug-likeness (QED) is 0.194. The van der Waals surface area contributed by atoms with Crippen molar-refractivity contribution in [3.05, 3.63) is 176 Å².